The molecule has 0 unspecified atom stereocenters. The maximum absolute atomic E-state index is 5.29. The first-order valence-electron chi connectivity index (χ1n) is 6.55. The molecule has 0 aliphatic heterocycles. The highest BCUT2D eigenvalue weighted by Crippen LogP contribution is 2.26. The van der Waals surface area contributed by atoms with Gasteiger partial charge in [0.1, 0.15) is 5.58 Å². The van der Waals surface area contributed by atoms with Gasteiger partial charge in [-0.3, -0.25) is 0 Å². The Morgan fingerprint density at radius 1 is 0.789 bits per heavy atom. The number of furan rings is 1. The van der Waals surface area contributed by atoms with Crippen molar-refractivity contribution < 1.29 is 4.42 Å². The van der Waals surface area contributed by atoms with Gasteiger partial charge in [0.05, 0.1) is 6.26 Å². The summed E-state index contributed by atoms with van der Waals surface area (Å²) in [6, 6.07) is 20.4. The molecule has 0 amide bonds. The first kappa shape index (κ1) is 13.4. The van der Waals surface area contributed by atoms with Crippen molar-refractivity contribution in [2.24, 2.45) is 0 Å². The van der Waals surface area contributed by atoms with Crippen LogP contribution in [0.1, 0.15) is 26.3 Å². The number of hydrogen-bond donors (Lipinski definition) is 0. The largest absolute Gasteiger partial charge is 0.464 e. The first-order valence-corrected chi connectivity index (χ1v) is 6.55. The third-order valence-corrected chi connectivity index (χ3v) is 2.99. The van der Waals surface area contributed by atoms with Crippen molar-refractivity contribution in [3.8, 4) is 0 Å². The van der Waals surface area contributed by atoms with Gasteiger partial charge >= 0.3 is 0 Å². The van der Waals surface area contributed by atoms with Crippen molar-refractivity contribution in [2.75, 3.05) is 0 Å². The Hall–Kier alpha value is -2.02. The van der Waals surface area contributed by atoms with E-state index < -0.39 is 0 Å². The second-order valence-corrected chi connectivity index (χ2v) is 5.58. The molecule has 1 aromatic heterocycles. The summed E-state index contributed by atoms with van der Waals surface area (Å²) >= 11 is 0. The fraction of sp³-hybridized carbons (Fsp3) is 0.222. The molecule has 0 fully saturated rings. The zero-order valence-corrected chi connectivity index (χ0v) is 11.8. The standard InChI is InChI=1S/C12H14O.C6H6/c1-12(2,3)10-4-5-11-9(8-10)6-7-13-11;1-2-4-6-5-3-1/h4-8H,1-3H3;1-6H. The summed E-state index contributed by atoms with van der Waals surface area (Å²) in [6.45, 7) is 6.65. The van der Waals surface area contributed by atoms with Crippen molar-refractivity contribution in [3.63, 3.8) is 0 Å². The van der Waals surface area contributed by atoms with E-state index in [-0.39, 0.29) is 5.41 Å². The Balaban J connectivity index is 0.000000186. The summed E-state index contributed by atoms with van der Waals surface area (Å²) in [6.07, 6.45) is 1.73. The molecular weight excluding hydrogens is 232 g/mol. The van der Waals surface area contributed by atoms with Crippen molar-refractivity contribution in [1.82, 2.24) is 0 Å². The highest BCUT2D eigenvalue weighted by molar-refractivity contribution is 5.78. The third-order valence-electron chi connectivity index (χ3n) is 2.99. The number of fused-ring (bicyclic) bond motifs is 1. The predicted molar refractivity (Wildman–Crippen MR) is 81.4 cm³/mol. The smallest absolute Gasteiger partial charge is 0.133 e. The molecule has 3 aromatic rings. The van der Waals surface area contributed by atoms with Gasteiger partial charge in [-0.05, 0) is 29.2 Å². The summed E-state index contributed by atoms with van der Waals surface area (Å²) in [5.41, 5.74) is 2.53. The molecule has 19 heavy (non-hydrogen) atoms. The van der Waals surface area contributed by atoms with Crippen LogP contribution in [0.15, 0.2) is 71.3 Å². The minimum absolute atomic E-state index is 0.214. The van der Waals surface area contributed by atoms with Crippen molar-refractivity contribution in [2.45, 2.75) is 26.2 Å². The maximum Gasteiger partial charge on any atom is 0.133 e. The molecule has 0 saturated heterocycles. The van der Waals surface area contributed by atoms with E-state index in [4.69, 9.17) is 4.42 Å². The van der Waals surface area contributed by atoms with Crippen LogP contribution in [0.25, 0.3) is 11.0 Å². The van der Waals surface area contributed by atoms with E-state index in [2.05, 4.69) is 32.9 Å². The van der Waals surface area contributed by atoms with Gasteiger partial charge < -0.3 is 4.42 Å². The Kier molecular flexibility index (Phi) is 4.06. The molecule has 0 bridgehead atoms. The highest BCUT2D eigenvalue weighted by Gasteiger charge is 2.13. The van der Waals surface area contributed by atoms with Crippen molar-refractivity contribution in [3.05, 3.63) is 72.5 Å². The van der Waals surface area contributed by atoms with E-state index >= 15 is 0 Å². The number of rotatable bonds is 0. The Labute approximate surface area is 114 Å². The van der Waals surface area contributed by atoms with Crippen LogP contribution in [0, 0.1) is 0 Å². The summed E-state index contributed by atoms with van der Waals surface area (Å²) in [5, 5.41) is 1.19. The van der Waals surface area contributed by atoms with Crippen LogP contribution >= 0.6 is 0 Å². The highest BCUT2D eigenvalue weighted by atomic mass is 16.3. The molecule has 1 nitrogen and oxygen atoms in total. The van der Waals surface area contributed by atoms with Crippen LogP contribution in [0.5, 0.6) is 0 Å². The lowest BCUT2D eigenvalue weighted by molar-refractivity contribution is 0.589. The van der Waals surface area contributed by atoms with Crippen LogP contribution in [-0.2, 0) is 5.41 Å². The van der Waals surface area contributed by atoms with E-state index in [9.17, 15) is 0 Å². The lowest BCUT2D eigenvalue weighted by atomic mass is 9.87. The molecule has 0 N–H and O–H groups in total. The minimum Gasteiger partial charge on any atom is -0.464 e. The average Bonchev–Trinajstić information content (AvgIpc) is 2.87. The van der Waals surface area contributed by atoms with Gasteiger partial charge in [-0.15, -0.1) is 0 Å². The Morgan fingerprint density at radius 3 is 1.89 bits per heavy atom. The lowest BCUT2D eigenvalue weighted by Crippen LogP contribution is -2.10. The normalized spacial score (nSPS) is 10.9. The maximum atomic E-state index is 5.29. The van der Waals surface area contributed by atoms with Crippen LogP contribution < -0.4 is 0 Å². The quantitative estimate of drug-likeness (QED) is 0.521. The molecule has 98 valence electrons. The second kappa shape index (κ2) is 5.75. The molecule has 0 spiro atoms. The zero-order valence-electron chi connectivity index (χ0n) is 11.8. The van der Waals surface area contributed by atoms with Crippen LogP contribution in [-0.4, -0.2) is 0 Å². The first-order chi connectivity index (χ1) is 9.07. The van der Waals surface area contributed by atoms with E-state index in [1.807, 2.05) is 48.5 Å². The van der Waals surface area contributed by atoms with Crippen molar-refractivity contribution >= 4 is 11.0 Å². The summed E-state index contributed by atoms with van der Waals surface area (Å²) in [4.78, 5) is 0. The van der Waals surface area contributed by atoms with Gasteiger partial charge in [0.2, 0.25) is 0 Å². The molecule has 0 aliphatic carbocycles. The van der Waals surface area contributed by atoms with E-state index in [1.54, 1.807) is 6.26 Å². The average molecular weight is 252 g/mol. The van der Waals surface area contributed by atoms with E-state index in [1.165, 1.54) is 10.9 Å². The Morgan fingerprint density at radius 2 is 1.37 bits per heavy atom. The van der Waals surface area contributed by atoms with Crippen LogP contribution in [0.3, 0.4) is 0 Å². The molecule has 0 aliphatic rings. The molecule has 0 saturated carbocycles. The molecule has 3 rings (SSSR count). The van der Waals surface area contributed by atoms with Gasteiger partial charge in [0.15, 0.2) is 0 Å². The summed E-state index contributed by atoms with van der Waals surface area (Å²) in [7, 11) is 0. The number of benzene rings is 2. The predicted octanol–water partition coefficient (Wildman–Crippen LogP) is 5.42. The summed E-state index contributed by atoms with van der Waals surface area (Å²) in [5.74, 6) is 0. The fourth-order valence-electron chi connectivity index (χ4n) is 1.82. The zero-order chi connectivity index (χ0) is 13.7. The van der Waals surface area contributed by atoms with Crippen molar-refractivity contribution in [1.29, 1.82) is 0 Å². The molecule has 1 heterocycles. The summed E-state index contributed by atoms with van der Waals surface area (Å²) < 4.78 is 5.29. The SMILES string of the molecule is CC(C)(C)c1ccc2occc2c1.c1ccccc1. The van der Waals surface area contributed by atoms with E-state index in [0.29, 0.717) is 0 Å². The molecule has 0 radical (unpaired) electrons. The topological polar surface area (TPSA) is 13.1 Å². The van der Waals surface area contributed by atoms with Crippen LogP contribution in [0.2, 0.25) is 0 Å². The number of hydrogen-bond acceptors (Lipinski definition) is 1. The van der Waals surface area contributed by atoms with Gasteiger partial charge in [0, 0.05) is 5.39 Å². The molecule has 0 atom stereocenters. The second-order valence-electron chi connectivity index (χ2n) is 5.58. The van der Waals surface area contributed by atoms with E-state index in [0.717, 1.165) is 5.58 Å². The minimum atomic E-state index is 0.214. The molecular formula is C18H20O. The van der Waals surface area contributed by atoms with Gasteiger partial charge in [0.25, 0.3) is 0 Å². The molecule has 1 heteroatoms. The van der Waals surface area contributed by atoms with Gasteiger partial charge in [-0.2, -0.15) is 0 Å². The molecule has 2 aromatic carbocycles. The van der Waals surface area contributed by atoms with Crippen LogP contribution in [0.4, 0.5) is 0 Å². The monoisotopic (exact) mass is 252 g/mol. The Bertz CT molecular complexity index is 588. The van der Waals surface area contributed by atoms with Gasteiger partial charge in [-0.25, -0.2) is 0 Å². The fourth-order valence-corrected chi connectivity index (χ4v) is 1.82. The third kappa shape index (κ3) is 3.72. The lowest BCUT2D eigenvalue weighted by Gasteiger charge is -2.18. The van der Waals surface area contributed by atoms with Gasteiger partial charge in [-0.1, -0.05) is 63.2 Å².